The van der Waals surface area contributed by atoms with Gasteiger partial charge in [-0.1, -0.05) is 0 Å². The Labute approximate surface area is 524 Å². The van der Waals surface area contributed by atoms with E-state index in [0.29, 0.717) is 0 Å². The number of hydrogen-bond acceptors (Lipinski definition) is 44. The number of aliphatic hydroxyl groups is 23. The Kier molecular flexibility index (Phi) is 27.1. The molecule has 0 spiro atoms. The third-order valence-corrected chi connectivity index (χ3v) is 16.9. The van der Waals surface area contributed by atoms with Crippen molar-refractivity contribution in [2.75, 3.05) is 52.8 Å². The second kappa shape index (κ2) is 32.7. The van der Waals surface area contributed by atoms with Crippen LogP contribution in [-0.4, -0.2) is 433 Å². The zero-order valence-electron chi connectivity index (χ0n) is 48.2. The predicted molar refractivity (Wildman–Crippen MR) is 274 cm³/mol. The Morgan fingerprint density at radius 3 is 0.441 bits per heavy atom. The summed E-state index contributed by atoms with van der Waals surface area (Å²) in [4.78, 5) is 0. The fourth-order valence-corrected chi connectivity index (χ4v) is 11.9. The van der Waals surface area contributed by atoms with Crippen molar-refractivity contribution in [3.8, 4) is 0 Å². The Morgan fingerprint density at radius 1 is 0.226 bits per heavy atom. The summed E-state index contributed by atoms with van der Waals surface area (Å²) in [6, 6.07) is 0. The molecule has 44 nitrogen and oxygen atoms in total. The SMILES string of the molecule is NC[C@H]1O[C@@H]2O[C@H]3[C@H](O)[C@H](O)[C@@H](O[C@H]4[C@@H](O)[C@H](O)[C@@H](O[C@H]5[C@H](O)[C@@H](O)[C@@H](O[C@H]6[C@@H](O)[C@H](O)[C@@H](O[C@H]7[C@@H](O)[C@H](O)[C@@H](O[C@H]8[C@H](O)[C@H](O)[C@@H](O[C@H]9[C@@H](O)[C@H](O)[C@@H](O[C@H]1[C@H](O)[C@H]2O)O[C@@H]9CO)O[C@@H]8CO)O[C@@H]7CO)O[C@@H]6CO)O[C@@H]5CO)O[C@H]4CO)O[C@@H]3CO.O=S(=O)([O-])[O-]. The minimum atomic E-state index is -5.17. The van der Waals surface area contributed by atoms with Gasteiger partial charge in [0.25, 0.3) is 0 Å². The van der Waals surface area contributed by atoms with E-state index in [-0.39, 0.29) is 0 Å². The van der Waals surface area contributed by atoms with Gasteiger partial charge in [-0.05, 0) is 0 Å². The molecule has 0 aromatic rings. The molecule has 45 heteroatoms. The highest BCUT2D eigenvalue weighted by atomic mass is 32.3. The molecule has 0 aromatic carbocycles. The number of aliphatic hydroxyl groups excluding tert-OH is 23. The summed E-state index contributed by atoms with van der Waals surface area (Å²) in [7, 11) is -5.17. The van der Waals surface area contributed by atoms with Crippen molar-refractivity contribution in [3.63, 3.8) is 0 Å². The maximum absolute atomic E-state index is 11.4. The molecular weight excluding hydrogens is 1310 g/mol. The van der Waals surface area contributed by atoms with E-state index in [1.54, 1.807) is 0 Å². The van der Waals surface area contributed by atoms with E-state index in [9.17, 15) is 117 Å². The summed E-state index contributed by atoms with van der Waals surface area (Å²) < 4.78 is 126. The van der Waals surface area contributed by atoms with Crippen LogP contribution in [-0.2, 0) is 86.2 Å². The van der Waals surface area contributed by atoms with Gasteiger partial charge in [-0.25, -0.2) is 0 Å². The average Bonchev–Trinajstić information content (AvgIpc) is 0.828. The van der Waals surface area contributed by atoms with Crippen LogP contribution < -0.4 is 5.73 Å². The molecule has 30 fully saturated rings. The van der Waals surface area contributed by atoms with Crippen molar-refractivity contribution in [2.24, 2.45) is 5.73 Å². The molecule has 93 heavy (non-hydrogen) atoms. The van der Waals surface area contributed by atoms with E-state index in [0.717, 1.165) is 0 Å². The molecule has 0 aromatic heterocycles. The van der Waals surface area contributed by atoms with Crippen LogP contribution in [0.15, 0.2) is 0 Å². The summed E-state index contributed by atoms with van der Waals surface area (Å²) in [5, 5.41) is 255. The number of rotatable bonds is 8. The van der Waals surface area contributed by atoms with Crippen molar-refractivity contribution in [3.05, 3.63) is 0 Å². The summed E-state index contributed by atoms with van der Waals surface area (Å²) in [6.45, 7) is -8.06. The van der Waals surface area contributed by atoms with Crippen LogP contribution in [0.5, 0.6) is 0 Å². The zero-order chi connectivity index (χ0) is 68.6. The molecule has 25 N–H and O–H groups in total. The van der Waals surface area contributed by atoms with Crippen molar-refractivity contribution in [2.45, 2.75) is 246 Å². The van der Waals surface area contributed by atoms with Crippen molar-refractivity contribution in [1.29, 1.82) is 0 Å². The molecule has 40 atom stereocenters. The maximum Gasteiger partial charge on any atom is 0.187 e. The smallest absolute Gasteiger partial charge is 0.187 e. The monoisotopic (exact) mass is 1390 g/mol. The van der Waals surface area contributed by atoms with E-state index in [4.69, 9.17) is 99.0 Å². The van der Waals surface area contributed by atoms with E-state index in [1.165, 1.54) is 0 Å². The van der Waals surface area contributed by atoms with Gasteiger partial charge in [0.1, 0.15) is 195 Å². The first kappa shape index (κ1) is 77.0. The van der Waals surface area contributed by atoms with E-state index >= 15 is 0 Å². The van der Waals surface area contributed by atoms with Crippen LogP contribution in [0.1, 0.15) is 0 Å². The largest absolute Gasteiger partial charge is 0.759 e. The first-order valence-corrected chi connectivity index (χ1v) is 30.2. The Hall–Kier alpha value is -1.73. The molecule has 0 unspecified atom stereocenters. The molecule has 0 radical (unpaired) electrons. The molecule has 16 bridgehead atoms. The van der Waals surface area contributed by atoms with Gasteiger partial charge in [0.05, 0.1) is 46.2 Å². The molecule has 544 valence electrons. The minimum Gasteiger partial charge on any atom is -0.759 e. The topological polar surface area (TPSA) is 719 Å². The molecule has 0 saturated carbocycles. The summed E-state index contributed by atoms with van der Waals surface area (Å²) in [6.07, 6.45) is -80.9. The minimum absolute atomic E-state index is 0.580. The standard InChI is InChI=1S/C48H81NO39.H2O4S/c49-1-9-33-17(57)25(65)41(73-9)82-34-10(2-50)75-43(27(67)19(34)59)84-36-12(4-52)77-45(29(69)21(36)61)86-38-14(6-54)79-47(31(71)23(38)63)88-40-16(8-56)80-48(32(72)24(40)64)87-39-15(7-55)78-46(30(70)22(39)62)85-37-13(5-53)76-44(28(68)20(37)60)83-35-11(3-51)74-42(81-33)26(66)18(35)58;1-5(2,3)4/h9-48,50-72H,1-8,49H2;(H2,1,2,3,4)/p-2/t9-,10-,11-,12+,13-,14-,15-,16-,17-,18+,19-,20-,21+,22+,23-,24+,25-,26+,27+,28+,29+,30+,31-,32+,33-,34-,35-,36-,37-,38-,39-,40-,41-,42-,43-,44-,45-,46-,47-,48-;/m1./s1. The average molecular weight is 1390 g/mol. The van der Waals surface area contributed by atoms with Gasteiger partial charge in [0.2, 0.25) is 0 Å². The van der Waals surface area contributed by atoms with Crippen molar-refractivity contribution >= 4 is 10.4 Å². The van der Waals surface area contributed by atoms with Crippen LogP contribution in [0.25, 0.3) is 0 Å². The second-order valence-electron chi connectivity index (χ2n) is 22.9. The lowest BCUT2D eigenvalue weighted by Crippen LogP contribution is -2.69. The normalized spacial score (nSPS) is 53.0. The fraction of sp³-hybridized carbons (Fsp3) is 1.00. The molecule has 30 rings (SSSR count). The molecule has 0 aliphatic carbocycles. The molecule has 0 amide bonds. The molecule has 30 aliphatic heterocycles. The third kappa shape index (κ3) is 16.5. The Balaban J connectivity index is 0.00000214. The molecule has 30 aliphatic rings. The number of ether oxygens (including phenoxy) is 16. The number of hydrogen-bond donors (Lipinski definition) is 24. The number of nitrogens with two attached hydrogens (primary N) is 1. The van der Waals surface area contributed by atoms with Crippen LogP contribution in [0, 0.1) is 0 Å². The van der Waals surface area contributed by atoms with Gasteiger partial charge in [-0.2, -0.15) is 0 Å². The van der Waals surface area contributed by atoms with Gasteiger partial charge in [-0.15, -0.1) is 0 Å². The van der Waals surface area contributed by atoms with Crippen LogP contribution >= 0.6 is 0 Å². The Morgan fingerprint density at radius 2 is 0.333 bits per heavy atom. The lowest BCUT2D eigenvalue weighted by Gasteiger charge is -2.50. The predicted octanol–water partition coefficient (Wildman–Crippen LogP) is -18.8. The maximum atomic E-state index is 11.4. The fourth-order valence-electron chi connectivity index (χ4n) is 11.9. The van der Waals surface area contributed by atoms with Gasteiger partial charge in [-0.3, -0.25) is 8.42 Å². The quantitative estimate of drug-likeness (QED) is 0.0793. The van der Waals surface area contributed by atoms with Gasteiger partial charge < -0.3 is 208 Å². The van der Waals surface area contributed by atoms with E-state index < -0.39 is 309 Å². The lowest BCUT2D eigenvalue weighted by atomic mass is 9.94. The first-order valence-electron chi connectivity index (χ1n) is 28.9. The van der Waals surface area contributed by atoms with Crippen LogP contribution in [0.4, 0.5) is 0 Å². The van der Waals surface area contributed by atoms with Crippen molar-refractivity contribution in [1.82, 2.24) is 0 Å². The molecule has 30 saturated heterocycles. The van der Waals surface area contributed by atoms with Gasteiger partial charge in [0, 0.05) is 16.9 Å². The Bertz CT molecular complexity index is 1950. The van der Waals surface area contributed by atoms with Crippen LogP contribution in [0.3, 0.4) is 0 Å². The first-order chi connectivity index (χ1) is 43.9. The lowest BCUT2D eigenvalue weighted by molar-refractivity contribution is -0.403. The summed E-state index contributed by atoms with van der Waals surface area (Å²) in [5.41, 5.74) is 5.96. The molecule has 30 heterocycles. The van der Waals surface area contributed by atoms with Crippen LogP contribution in [0.2, 0.25) is 0 Å². The van der Waals surface area contributed by atoms with Gasteiger partial charge in [0.15, 0.2) is 50.3 Å². The summed E-state index contributed by atoms with van der Waals surface area (Å²) in [5.74, 6) is 0. The zero-order valence-corrected chi connectivity index (χ0v) is 49.0. The second-order valence-corrected chi connectivity index (χ2v) is 23.7. The highest BCUT2D eigenvalue weighted by molar-refractivity contribution is 7.79. The summed E-state index contributed by atoms with van der Waals surface area (Å²) >= 11 is 0. The van der Waals surface area contributed by atoms with Gasteiger partial charge >= 0.3 is 0 Å². The highest BCUT2D eigenvalue weighted by Gasteiger charge is 2.60. The van der Waals surface area contributed by atoms with Crippen molar-refractivity contribution < 1.29 is 211 Å². The van der Waals surface area contributed by atoms with E-state index in [1.807, 2.05) is 0 Å². The van der Waals surface area contributed by atoms with E-state index in [2.05, 4.69) is 0 Å². The highest BCUT2D eigenvalue weighted by Crippen LogP contribution is 2.40. The third-order valence-electron chi connectivity index (χ3n) is 16.9. The molecular formula is C48H81NO43S-2.